The van der Waals surface area contributed by atoms with Crippen LogP contribution in [0.25, 0.3) is 11.2 Å². The average molecular weight is 1160 g/mol. The summed E-state index contributed by atoms with van der Waals surface area (Å²) < 4.78 is 76.4. The second-order valence-electron chi connectivity index (χ2n) is 18.2. The number of rotatable bonds is 37. The topological polar surface area (TPSA) is 435 Å². The maximum Gasteiger partial charge on any atom is 0.497 e. The number of likely N-dealkylation sites (tertiary alicyclic amines) is 1. The second-order valence-corrected chi connectivity index (χ2v) is 24.5. The Kier molecular flexibility index (Phi) is 25.5. The maximum absolute atomic E-state index is 13.7. The van der Waals surface area contributed by atoms with Gasteiger partial charge in [0, 0.05) is 68.0 Å². The molecule has 2 aliphatic rings. The number of imide groups is 1. The molecule has 2 aromatic heterocycles. The fraction of sp³-hybridized carbons (Fsp3) is 0.756. The Hall–Kier alpha value is -3.78. The van der Waals surface area contributed by atoms with Crippen LogP contribution in [0.4, 0.5) is 5.82 Å². The Balaban J connectivity index is 1.16. The van der Waals surface area contributed by atoms with Crippen LogP contribution in [0.2, 0.25) is 0 Å². The molecule has 430 valence electrons. The zero-order valence-corrected chi connectivity index (χ0v) is 46.1. The molecule has 35 heteroatoms. The number of imidazole rings is 1. The highest BCUT2D eigenvalue weighted by molar-refractivity contribution is 8.00. The summed E-state index contributed by atoms with van der Waals surface area (Å²) in [5, 5.41) is 38.7. The zero-order chi connectivity index (χ0) is 56.4. The SMILES string of the molecule is CCCCOCCOC(C)CCC(=O)CCCCN1C(=O)CC(SCCNC(=O)CCNC(=O)[C@H](O)C(C)(C)COP(=O)(N=O)OP(=O)(OC[C@H]2O[C@@H](n3cnc4c(N)ncnc43)C(O)C2OP(=O)(O)O)N(C)[O-])C1=O. The number of hydrogen-bond donors (Lipinski definition) is 7. The van der Waals surface area contributed by atoms with E-state index in [0.29, 0.717) is 59.0 Å². The third-order valence-electron chi connectivity index (χ3n) is 11.7. The van der Waals surface area contributed by atoms with Crippen LogP contribution in [-0.2, 0) is 69.8 Å². The molecule has 6 unspecified atom stereocenters. The molecular weight excluding hydrogens is 1090 g/mol. The first kappa shape index (κ1) is 64.7. The number of aliphatic hydroxyl groups is 2. The van der Waals surface area contributed by atoms with Crippen molar-refractivity contribution in [1.82, 2.24) is 39.9 Å². The minimum absolute atomic E-state index is 0.000775. The third kappa shape index (κ3) is 19.5. The highest BCUT2D eigenvalue weighted by Crippen LogP contribution is 2.67. The van der Waals surface area contributed by atoms with Crippen LogP contribution in [-0.4, -0.2) is 180 Å². The molecule has 2 aliphatic heterocycles. The molecule has 0 saturated carbocycles. The first-order chi connectivity index (χ1) is 35.7. The molecule has 0 aliphatic carbocycles. The summed E-state index contributed by atoms with van der Waals surface area (Å²) in [4.78, 5) is 109. The fourth-order valence-corrected chi connectivity index (χ4v) is 11.9. The number of anilines is 1. The highest BCUT2D eigenvalue weighted by atomic mass is 32.2. The smallest absolute Gasteiger partial charge is 0.497 e. The van der Waals surface area contributed by atoms with Gasteiger partial charge in [-0.1, -0.05) is 27.2 Å². The van der Waals surface area contributed by atoms with Crippen LogP contribution in [0, 0.1) is 15.5 Å². The van der Waals surface area contributed by atoms with Gasteiger partial charge in [-0.2, -0.15) is 4.31 Å². The van der Waals surface area contributed by atoms with E-state index in [1.165, 1.54) is 30.5 Å². The van der Waals surface area contributed by atoms with E-state index in [1.807, 2.05) is 6.92 Å². The predicted molar refractivity (Wildman–Crippen MR) is 269 cm³/mol. The normalized spacial score (nSPS) is 21.7. The van der Waals surface area contributed by atoms with Crippen molar-refractivity contribution in [1.29, 1.82) is 0 Å². The van der Waals surface area contributed by atoms with Crippen LogP contribution in [0.15, 0.2) is 17.6 Å². The quantitative estimate of drug-likeness (QED) is 0.0168. The van der Waals surface area contributed by atoms with Crippen LogP contribution in [0.1, 0.15) is 91.7 Å². The molecular formula is C41H68N10O21P3S-. The van der Waals surface area contributed by atoms with Gasteiger partial charge in [0.1, 0.15) is 42.0 Å². The van der Waals surface area contributed by atoms with Crippen LogP contribution >= 0.6 is 35.1 Å². The lowest BCUT2D eigenvalue weighted by Crippen LogP contribution is -2.46. The Labute approximate surface area is 441 Å². The standard InChI is InChI=1S/C41H68N10O21P3S/c1-6-7-17-66-18-19-67-26(2)11-12-27(52)10-8-9-16-50-31(54)21-29(39(50)58)76-20-15-43-30(53)13-14-44-38(57)35(56)41(3,4)23-69-73(61,48-59)72-74(62,49(5)60)68-22-28-34(71-75(63,64)65)33(55)40(70-28)51-25-47-32-36(42)45-24-46-37(32)51/h24-26,28-29,33-35,40,55-56H,6-23H2,1-5H3,(H,43,53)(H,44,57)(H2,42,45,46)(H2,63,64,65)/q-1/t26?,28-,29?,33?,34?,35+,40-,73?,74?/m1/s1. The van der Waals surface area contributed by atoms with Gasteiger partial charge < -0.3 is 55.8 Å². The number of aliphatic hydroxyl groups excluding tert-OH is 2. The number of carbonyl (C=O) groups excluding carboxylic acids is 5. The Morgan fingerprint density at radius 2 is 1.79 bits per heavy atom. The van der Waals surface area contributed by atoms with Crippen LogP contribution in [0.3, 0.4) is 0 Å². The first-order valence-electron chi connectivity index (χ1n) is 24.1. The number of phosphoric ester groups is 1. The predicted octanol–water partition coefficient (Wildman–Crippen LogP) is 2.22. The molecule has 0 aromatic carbocycles. The molecule has 0 bridgehead atoms. The van der Waals surface area contributed by atoms with Gasteiger partial charge in [0.25, 0.3) is 0 Å². The number of thioether (sulfide) groups is 1. The van der Waals surface area contributed by atoms with Crippen molar-refractivity contribution in [2.45, 2.75) is 127 Å². The van der Waals surface area contributed by atoms with Gasteiger partial charge in [0.05, 0.1) is 44.1 Å². The van der Waals surface area contributed by atoms with Gasteiger partial charge in [0.15, 0.2) is 17.7 Å². The first-order valence-corrected chi connectivity index (χ1v) is 29.7. The number of phosphoric acid groups is 1. The Morgan fingerprint density at radius 1 is 1.05 bits per heavy atom. The van der Waals surface area contributed by atoms with Crippen molar-refractivity contribution in [2.24, 2.45) is 10.4 Å². The number of nitrogen functional groups attached to an aromatic ring is 1. The summed E-state index contributed by atoms with van der Waals surface area (Å²) in [7, 11) is -15.9. The molecule has 0 radical (unpaired) electrons. The molecule has 2 saturated heterocycles. The van der Waals surface area contributed by atoms with Crippen molar-refractivity contribution >= 4 is 81.5 Å². The number of ether oxygens (including phenoxy) is 3. The molecule has 31 nitrogen and oxygen atoms in total. The monoisotopic (exact) mass is 1160 g/mol. The number of nitrogens with two attached hydrogens (primary N) is 1. The third-order valence-corrected chi connectivity index (χ3v) is 16.9. The average Bonchev–Trinajstić information content (AvgIpc) is 4.01. The molecule has 4 amide bonds. The van der Waals surface area contributed by atoms with Crippen molar-refractivity contribution in [3.63, 3.8) is 0 Å². The lowest BCUT2D eigenvalue weighted by Gasteiger charge is -2.33. The summed E-state index contributed by atoms with van der Waals surface area (Å²) in [6.07, 6.45) is -3.08. The van der Waals surface area contributed by atoms with Gasteiger partial charge in [-0.05, 0) is 39.7 Å². The molecule has 0 spiro atoms. The summed E-state index contributed by atoms with van der Waals surface area (Å²) in [6.45, 7) is 6.02. The van der Waals surface area contributed by atoms with E-state index in [9.17, 15) is 67.8 Å². The number of hydrogen-bond acceptors (Lipinski definition) is 24. The number of aromatic nitrogens is 4. The van der Waals surface area contributed by atoms with E-state index in [4.69, 9.17) is 37.8 Å². The molecule has 4 rings (SSSR count). The number of unbranched alkanes of at least 4 members (excludes halogenated alkanes) is 2. The lowest BCUT2D eigenvalue weighted by molar-refractivity contribution is -0.138. The minimum atomic E-state index is -5.53. The minimum Gasteiger partial charge on any atom is -0.777 e. The van der Waals surface area contributed by atoms with E-state index in [-0.39, 0.29) is 78.9 Å². The summed E-state index contributed by atoms with van der Waals surface area (Å²) in [6, 6.07) is 0. The van der Waals surface area contributed by atoms with Gasteiger partial charge >= 0.3 is 23.3 Å². The van der Waals surface area contributed by atoms with Crippen LogP contribution < -0.4 is 16.4 Å². The number of nitrogens with one attached hydrogen (secondary N) is 2. The summed E-state index contributed by atoms with van der Waals surface area (Å²) in [5.74, 6) is -1.90. The fourth-order valence-electron chi connectivity index (χ4n) is 7.34. The Bertz CT molecular complexity index is 2440. The number of Topliss-reactive ketones (excluding diaryl/α,β-unsaturated/α-hetero) is 1. The number of fused-ring (bicyclic) bond motifs is 1. The second kappa shape index (κ2) is 30.0. The van der Waals surface area contributed by atoms with Crippen molar-refractivity contribution < 1.29 is 89.8 Å². The summed E-state index contributed by atoms with van der Waals surface area (Å²) >= 11 is 1.20. The van der Waals surface area contributed by atoms with E-state index in [0.717, 1.165) is 30.1 Å². The van der Waals surface area contributed by atoms with Gasteiger partial charge in [-0.25, -0.2) is 28.6 Å². The van der Waals surface area contributed by atoms with E-state index in [1.54, 1.807) is 0 Å². The van der Waals surface area contributed by atoms with E-state index in [2.05, 4.69) is 37.5 Å². The molecule has 76 heavy (non-hydrogen) atoms. The summed E-state index contributed by atoms with van der Waals surface area (Å²) in [5.41, 5.74) is 4.14. The molecule has 9 atom stereocenters. The lowest BCUT2D eigenvalue weighted by atomic mass is 9.87. The van der Waals surface area contributed by atoms with Gasteiger partial charge in [-0.3, -0.25) is 51.8 Å². The molecule has 2 aromatic rings. The maximum atomic E-state index is 13.7. The van der Waals surface area contributed by atoms with Gasteiger partial charge in [0.2, 0.25) is 23.6 Å². The number of hydroxylamine groups is 1. The van der Waals surface area contributed by atoms with E-state index >= 15 is 0 Å². The number of nitroso groups, excluding NO2 is 1. The number of amides is 4. The zero-order valence-electron chi connectivity index (χ0n) is 42.6. The Morgan fingerprint density at radius 3 is 2.47 bits per heavy atom. The van der Waals surface area contributed by atoms with Gasteiger partial charge in [-0.15, -0.1) is 16.7 Å². The molecule has 8 N–H and O–H groups in total. The van der Waals surface area contributed by atoms with E-state index < -0.39 is 94.5 Å². The molecule has 4 heterocycles. The van der Waals surface area contributed by atoms with Crippen LogP contribution in [0.5, 0.6) is 0 Å². The number of nitrogens with zero attached hydrogens (tertiary/aromatic N) is 7. The largest absolute Gasteiger partial charge is 0.777 e. The number of ketones is 1. The van der Waals surface area contributed by atoms with Crippen molar-refractivity contribution in [3.05, 3.63) is 22.8 Å². The highest BCUT2D eigenvalue weighted by Gasteiger charge is 2.51. The number of carbonyl (C=O) groups is 5. The molecule has 2 fully saturated rings. The van der Waals surface area contributed by atoms with Crippen molar-refractivity contribution in [2.75, 3.05) is 71.2 Å². The van der Waals surface area contributed by atoms with Crippen molar-refractivity contribution in [3.8, 4) is 0 Å².